The summed E-state index contributed by atoms with van der Waals surface area (Å²) in [5.74, 6) is -5.75. The Morgan fingerprint density at radius 2 is 1.39 bits per heavy atom. The Bertz CT molecular complexity index is 1040. The van der Waals surface area contributed by atoms with Crippen molar-refractivity contribution in [1.29, 1.82) is 0 Å². The molecular weight excluding hydrogens is 476 g/mol. The minimum atomic E-state index is -1.60. The summed E-state index contributed by atoms with van der Waals surface area (Å²) < 4.78 is 0. The molecule has 0 aromatic carbocycles. The third-order valence-corrected chi connectivity index (χ3v) is 5.19. The molecule has 2 rings (SSSR count). The third kappa shape index (κ3) is 8.50. The number of nitrogens with two attached hydrogens (primary N) is 1. The third-order valence-electron chi connectivity index (χ3n) is 5.19. The molecule has 15 nitrogen and oxygen atoms in total. The SMILES string of the molecule is CC(C)C(NC(=O)C(CC(=O)O)NC(=O)C(Cc1cnc[nH]1)NC(=O)C(N)Cc1cnc[nH]1)C(=O)O. The first-order valence-corrected chi connectivity index (χ1v) is 11.0. The average molecular weight is 507 g/mol. The standard InChI is InChI=1S/C21H30N8O7/c1-10(2)17(21(35)36)29-20(34)15(5-16(30)31)28-19(33)14(4-12-7-24-9-26-12)27-18(32)13(22)3-11-6-23-8-25-11/h6-10,13-15,17H,3-5,22H2,1-2H3,(H,23,25)(H,24,26)(H,27,32)(H,28,33)(H,29,34)(H,30,31)(H,35,36). The van der Waals surface area contributed by atoms with E-state index in [-0.39, 0.29) is 12.8 Å². The number of imidazole rings is 2. The number of carbonyl (C=O) groups excluding carboxylic acids is 3. The summed E-state index contributed by atoms with van der Waals surface area (Å²) >= 11 is 0. The van der Waals surface area contributed by atoms with E-state index in [2.05, 4.69) is 35.9 Å². The van der Waals surface area contributed by atoms with Crippen molar-refractivity contribution in [1.82, 2.24) is 35.9 Å². The molecule has 4 unspecified atom stereocenters. The number of carboxylic acids is 2. The highest BCUT2D eigenvalue weighted by atomic mass is 16.4. The number of aromatic amines is 2. The molecule has 0 aliphatic rings. The summed E-state index contributed by atoms with van der Waals surface area (Å²) in [4.78, 5) is 74.6. The fourth-order valence-electron chi connectivity index (χ4n) is 3.25. The van der Waals surface area contributed by atoms with Crippen LogP contribution in [0.3, 0.4) is 0 Å². The number of hydrogen-bond acceptors (Lipinski definition) is 8. The highest BCUT2D eigenvalue weighted by Crippen LogP contribution is 2.06. The number of rotatable bonds is 14. The van der Waals surface area contributed by atoms with E-state index in [0.717, 1.165) is 0 Å². The number of hydrogen-bond donors (Lipinski definition) is 8. The van der Waals surface area contributed by atoms with Crippen LogP contribution in [-0.4, -0.2) is 84.0 Å². The molecular formula is C21H30N8O7. The first-order chi connectivity index (χ1) is 17.0. The van der Waals surface area contributed by atoms with E-state index in [1.165, 1.54) is 25.0 Å². The quantitative estimate of drug-likeness (QED) is 0.139. The summed E-state index contributed by atoms with van der Waals surface area (Å²) in [6.45, 7) is 3.12. The van der Waals surface area contributed by atoms with E-state index in [0.29, 0.717) is 11.4 Å². The van der Waals surface area contributed by atoms with Gasteiger partial charge in [0.15, 0.2) is 0 Å². The van der Waals surface area contributed by atoms with Gasteiger partial charge in [-0.2, -0.15) is 0 Å². The molecule has 0 spiro atoms. The molecule has 0 aliphatic heterocycles. The van der Waals surface area contributed by atoms with E-state index in [1.54, 1.807) is 13.8 Å². The van der Waals surface area contributed by atoms with Crippen molar-refractivity contribution in [3.05, 3.63) is 36.4 Å². The molecule has 36 heavy (non-hydrogen) atoms. The molecule has 0 bridgehead atoms. The van der Waals surface area contributed by atoms with Gasteiger partial charge in [0, 0.05) is 36.6 Å². The smallest absolute Gasteiger partial charge is 0.326 e. The van der Waals surface area contributed by atoms with Gasteiger partial charge in [-0.25, -0.2) is 14.8 Å². The Kier molecular flexibility index (Phi) is 10.1. The van der Waals surface area contributed by atoms with Gasteiger partial charge in [0.05, 0.1) is 25.1 Å². The van der Waals surface area contributed by atoms with Crippen LogP contribution in [0.2, 0.25) is 0 Å². The molecule has 2 aromatic heterocycles. The molecule has 2 aromatic rings. The maximum atomic E-state index is 13.1. The van der Waals surface area contributed by atoms with Crippen LogP contribution in [0.4, 0.5) is 0 Å². The van der Waals surface area contributed by atoms with Gasteiger partial charge in [-0.3, -0.25) is 19.2 Å². The maximum absolute atomic E-state index is 13.1. The lowest BCUT2D eigenvalue weighted by molar-refractivity contribution is -0.144. The van der Waals surface area contributed by atoms with Gasteiger partial charge < -0.3 is 41.9 Å². The predicted octanol–water partition coefficient (Wildman–Crippen LogP) is -2.08. The number of aromatic nitrogens is 4. The Labute approximate surface area is 205 Å². The number of nitrogens with one attached hydrogen (secondary N) is 5. The highest BCUT2D eigenvalue weighted by molar-refractivity contribution is 5.95. The Morgan fingerprint density at radius 1 is 0.861 bits per heavy atom. The molecule has 2 heterocycles. The molecule has 0 fully saturated rings. The van der Waals surface area contributed by atoms with Crippen molar-refractivity contribution in [3.63, 3.8) is 0 Å². The van der Waals surface area contributed by atoms with Gasteiger partial charge in [-0.15, -0.1) is 0 Å². The number of nitrogens with zero attached hydrogens (tertiary/aromatic N) is 2. The molecule has 0 radical (unpaired) electrons. The zero-order chi connectivity index (χ0) is 26.8. The van der Waals surface area contributed by atoms with E-state index in [9.17, 15) is 34.2 Å². The average Bonchev–Trinajstić information content (AvgIpc) is 3.49. The molecule has 196 valence electrons. The largest absolute Gasteiger partial charge is 0.481 e. The van der Waals surface area contributed by atoms with Crippen LogP contribution in [0.15, 0.2) is 25.0 Å². The Morgan fingerprint density at radius 3 is 1.86 bits per heavy atom. The molecule has 4 atom stereocenters. The number of carbonyl (C=O) groups is 5. The summed E-state index contributed by atoms with van der Waals surface area (Å²) in [6, 6.07) is -5.19. The van der Waals surface area contributed by atoms with Crippen LogP contribution in [0.1, 0.15) is 31.7 Å². The fraction of sp³-hybridized carbons (Fsp3) is 0.476. The van der Waals surface area contributed by atoms with Crippen LogP contribution in [0, 0.1) is 5.92 Å². The van der Waals surface area contributed by atoms with Crippen LogP contribution in [0.25, 0.3) is 0 Å². The highest BCUT2D eigenvalue weighted by Gasteiger charge is 2.32. The number of amides is 3. The van der Waals surface area contributed by atoms with Crippen LogP contribution < -0.4 is 21.7 Å². The van der Waals surface area contributed by atoms with Gasteiger partial charge in [-0.1, -0.05) is 13.8 Å². The Hall–Kier alpha value is -4.27. The van der Waals surface area contributed by atoms with E-state index in [1.807, 2.05) is 0 Å². The van der Waals surface area contributed by atoms with Crippen molar-refractivity contribution in [2.75, 3.05) is 0 Å². The van der Waals surface area contributed by atoms with Gasteiger partial charge in [0.25, 0.3) is 0 Å². The summed E-state index contributed by atoms with van der Waals surface area (Å²) in [6.07, 6.45) is 4.95. The van der Waals surface area contributed by atoms with E-state index in [4.69, 9.17) is 5.73 Å². The van der Waals surface area contributed by atoms with Crippen molar-refractivity contribution in [2.24, 2.45) is 11.7 Å². The van der Waals surface area contributed by atoms with E-state index >= 15 is 0 Å². The molecule has 3 amide bonds. The second kappa shape index (κ2) is 13.0. The van der Waals surface area contributed by atoms with Crippen molar-refractivity contribution >= 4 is 29.7 Å². The van der Waals surface area contributed by atoms with Gasteiger partial charge in [-0.05, 0) is 5.92 Å². The Balaban J connectivity index is 2.17. The number of aliphatic carboxylic acids is 2. The fourth-order valence-corrected chi connectivity index (χ4v) is 3.25. The summed E-state index contributed by atoms with van der Waals surface area (Å²) in [7, 11) is 0. The molecule has 0 saturated heterocycles. The first-order valence-electron chi connectivity index (χ1n) is 11.0. The van der Waals surface area contributed by atoms with Crippen molar-refractivity contribution in [2.45, 2.75) is 57.3 Å². The minimum Gasteiger partial charge on any atom is -0.481 e. The number of H-pyrrole nitrogens is 2. The summed E-state index contributed by atoms with van der Waals surface area (Å²) in [5, 5.41) is 25.6. The molecule has 0 saturated carbocycles. The molecule has 0 aliphatic carbocycles. The lowest BCUT2D eigenvalue weighted by Gasteiger charge is -2.25. The molecule has 15 heteroatoms. The van der Waals surface area contributed by atoms with Crippen LogP contribution in [-0.2, 0) is 36.8 Å². The zero-order valence-corrected chi connectivity index (χ0v) is 19.7. The minimum absolute atomic E-state index is 0.0699. The zero-order valence-electron chi connectivity index (χ0n) is 19.7. The second-order valence-corrected chi connectivity index (χ2v) is 8.46. The topological polar surface area (TPSA) is 245 Å². The normalized spacial score (nSPS) is 14.3. The lowest BCUT2D eigenvalue weighted by Crippen LogP contribution is -2.58. The number of carboxylic acid groups (broad SMARTS) is 2. The van der Waals surface area contributed by atoms with Crippen molar-refractivity contribution in [3.8, 4) is 0 Å². The van der Waals surface area contributed by atoms with Crippen molar-refractivity contribution < 1.29 is 34.2 Å². The first kappa shape index (κ1) is 28.0. The van der Waals surface area contributed by atoms with Crippen LogP contribution >= 0.6 is 0 Å². The summed E-state index contributed by atoms with van der Waals surface area (Å²) in [5.41, 5.74) is 7.02. The second-order valence-electron chi connectivity index (χ2n) is 8.46. The van der Waals surface area contributed by atoms with Gasteiger partial charge >= 0.3 is 11.9 Å². The lowest BCUT2D eigenvalue weighted by atomic mass is 10.0. The maximum Gasteiger partial charge on any atom is 0.326 e. The van der Waals surface area contributed by atoms with Gasteiger partial charge in [0.1, 0.15) is 18.1 Å². The van der Waals surface area contributed by atoms with Crippen LogP contribution in [0.5, 0.6) is 0 Å². The monoisotopic (exact) mass is 506 g/mol. The molecule has 9 N–H and O–H groups in total. The van der Waals surface area contributed by atoms with E-state index < -0.39 is 66.2 Å². The van der Waals surface area contributed by atoms with Gasteiger partial charge in [0.2, 0.25) is 17.7 Å². The predicted molar refractivity (Wildman–Crippen MR) is 123 cm³/mol.